The molecule has 1 heterocycles. The second-order valence-corrected chi connectivity index (χ2v) is 4.97. The zero-order chi connectivity index (χ0) is 12.0. The summed E-state index contributed by atoms with van der Waals surface area (Å²) in [6.45, 7) is 1.03. The fourth-order valence-corrected chi connectivity index (χ4v) is 2.69. The van der Waals surface area contributed by atoms with Gasteiger partial charge in [-0.1, -0.05) is 18.2 Å². The van der Waals surface area contributed by atoms with E-state index >= 15 is 0 Å². The standard InChI is InChI=1S/C13H13F2NO/c14-13(15)5-9(6-13)7-16-8-10-3-1-2-4-11(10)12(16)17/h1-4,9H,5-8H2. The number of amides is 1. The highest BCUT2D eigenvalue weighted by Crippen LogP contribution is 2.43. The van der Waals surface area contributed by atoms with Crippen LogP contribution in [0.15, 0.2) is 24.3 Å². The second-order valence-electron chi connectivity index (χ2n) is 4.97. The molecule has 1 aromatic rings. The van der Waals surface area contributed by atoms with Crippen LogP contribution in [-0.2, 0) is 6.54 Å². The molecule has 0 saturated heterocycles. The Morgan fingerprint density at radius 3 is 2.65 bits per heavy atom. The predicted molar refractivity (Wildman–Crippen MR) is 58.9 cm³/mol. The van der Waals surface area contributed by atoms with Crippen molar-refractivity contribution >= 4 is 5.91 Å². The number of benzene rings is 1. The van der Waals surface area contributed by atoms with Gasteiger partial charge in [0.05, 0.1) is 0 Å². The molecular weight excluding hydrogens is 224 g/mol. The molecule has 17 heavy (non-hydrogen) atoms. The van der Waals surface area contributed by atoms with Crippen molar-refractivity contribution in [3.8, 4) is 0 Å². The fraction of sp³-hybridized carbons (Fsp3) is 0.462. The maximum absolute atomic E-state index is 12.7. The van der Waals surface area contributed by atoms with Gasteiger partial charge in [0.25, 0.3) is 5.91 Å². The maximum atomic E-state index is 12.7. The van der Waals surface area contributed by atoms with Gasteiger partial charge in [0.1, 0.15) is 0 Å². The van der Waals surface area contributed by atoms with E-state index in [0.29, 0.717) is 13.1 Å². The molecule has 1 fully saturated rings. The van der Waals surface area contributed by atoms with Crippen molar-refractivity contribution in [3.05, 3.63) is 35.4 Å². The van der Waals surface area contributed by atoms with Crippen molar-refractivity contribution < 1.29 is 13.6 Å². The Bertz CT molecular complexity index is 464. The number of carbonyl (C=O) groups excluding carboxylic acids is 1. The summed E-state index contributed by atoms with van der Waals surface area (Å²) < 4.78 is 25.4. The summed E-state index contributed by atoms with van der Waals surface area (Å²) >= 11 is 0. The molecule has 0 bridgehead atoms. The van der Waals surface area contributed by atoms with Crippen LogP contribution >= 0.6 is 0 Å². The number of alkyl halides is 2. The highest BCUT2D eigenvalue weighted by molar-refractivity contribution is 5.98. The molecule has 3 rings (SSSR count). The van der Waals surface area contributed by atoms with Crippen LogP contribution in [-0.4, -0.2) is 23.3 Å². The summed E-state index contributed by atoms with van der Waals surface area (Å²) in [7, 11) is 0. The van der Waals surface area contributed by atoms with E-state index in [1.54, 1.807) is 11.0 Å². The summed E-state index contributed by atoms with van der Waals surface area (Å²) in [5.74, 6) is -2.56. The van der Waals surface area contributed by atoms with Gasteiger partial charge in [-0.15, -0.1) is 0 Å². The summed E-state index contributed by atoms with van der Waals surface area (Å²) in [5, 5.41) is 0. The van der Waals surface area contributed by atoms with Crippen molar-refractivity contribution in [2.45, 2.75) is 25.3 Å². The highest BCUT2D eigenvalue weighted by atomic mass is 19.3. The molecule has 0 unspecified atom stereocenters. The van der Waals surface area contributed by atoms with Crippen LogP contribution in [0.1, 0.15) is 28.8 Å². The average molecular weight is 237 g/mol. The first-order valence-electron chi connectivity index (χ1n) is 5.80. The van der Waals surface area contributed by atoms with Gasteiger partial charge in [0.15, 0.2) is 0 Å². The van der Waals surface area contributed by atoms with Crippen molar-refractivity contribution in [2.24, 2.45) is 5.92 Å². The molecule has 0 radical (unpaired) electrons. The van der Waals surface area contributed by atoms with Gasteiger partial charge in [0.2, 0.25) is 5.92 Å². The quantitative estimate of drug-likeness (QED) is 0.774. The lowest BCUT2D eigenvalue weighted by atomic mass is 9.81. The van der Waals surface area contributed by atoms with E-state index < -0.39 is 5.92 Å². The lowest BCUT2D eigenvalue weighted by molar-refractivity contribution is -0.114. The number of halogens is 2. The van der Waals surface area contributed by atoms with Gasteiger partial charge in [-0.3, -0.25) is 4.79 Å². The summed E-state index contributed by atoms with van der Waals surface area (Å²) in [5.41, 5.74) is 1.72. The first-order valence-corrected chi connectivity index (χ1v) is 5.80. The third kappa shape index (κ3) is 1.81. The first kappa shape index (κ1) is 10.7. The third-order valence-electron chi connectivity index (χ3n) is 3.55. The van der Waals surface area contributed by atoms with Crippen LogP contribution in [0.5, 0.6) is 0 Å². The fourth-order valence-electron chi connectivity index (χ4n) is 2.69. The van der Waals surface area contributed by atoms with E-state index in [-0.39, 0.29) is 24.7 Å². The van der Waals surface area contributed by atoms with Crippen LogP contribution < -0.4 is 0 Å². The number of hydrogen-bond acceptors (Lipinski definition) is 1. The second kappa shape index (κ2) is 3.52. The van der Waals surface area contributed by atoms with Gasteiger partial charge in [-0.25, -0.2) is 8.78 Å². The van der Waals surface area contributed by atoms with E-state index in [2.05, 4.69) is 0 Å². The van der Waals surface area contributed by atoms with E-state index in [9.17, 15) is 13.6 Å². The molecular formula is C13H13F2NO. The minimum atomic E-state index is -2.50. The number of rotatable bonds is 2. The van der Waals surface area contributed by atoms with Crippen molar-refractivity contribution in [1.82, 2.24) is 4.90 Å². The summed E-state index contributed by atoms with van der Waals surface area (Å²) in [6.07, 6.45) is -0.153. The molecule has 0 atom stereocenters. The van der Waals surface area contributed by atoms with Crippen LogP contribution in [0.25, 0.3) is 0 Å². The Hall–Kier alpha value is -1.45. The molecule has 0 aromatic heterocycles. The molecule has 0 spiro atoms. The normalized spacial score (nSPS) is 22.5. The Morgan fingerprint density at radius 1 is 1.29 bits per heavy atom. The third-order valence-corrected chi connectivity index (χ3v) is 3.55. The Balaban J connectivity index is 1.67. The van der Waals surface area contributed by atoms with Gasteiger partial charge in [0, 0.05) is 31.5 Å². The topological polar surface area (TPSA) is 20.3 Å². The number of nitrogens with zero attached hydrogens (tertiary/aromatic N) is 1. The van der Waals surface area contributed by atoms with E-state index in [4.69, 9.17) is 0 Å². The van der Waals surface area contributed by atoms with Crippen molar-refractivity contribution in [3.63, 3.8) is 0 Å². The van der Waals surface area contributed by atoms with Crippen LogP contribution in [0.2, 0.25) is 0 Å². The molecule has 2 aliphatic rings. The van der Waals surface area contributed by atoms with Gasteiger partial charge >= 0.3 is 0 Å². The van der Waals surface area contributed by atoms with Crippen LogP contribution in [0.4, 0.5) is 8.78 Å². The molecule has 2 nitrogen and oxygen atoms in total. The molecule has 0 N–H and O–H groups in total. The average Bonchev–Trinajstić information content (AvgIpc) is 2.54. The minimum absolute atomic E-state index is 0.0178. The van der Waals surface area contributed by atoms with Gasteiger partial charge < -0.3 is 4.90 Å². The molecule has 1 amide bonds. The maximum Gasteiger partial charge on any atom is 0.254 e. The Kier molecular flexibility index (Phi) is 2.21. The van der Waals surface area contributed by atoms with E-state index in [0.717, 1.165) is 11.1 Å². The van der Waals surface area contributed by atoms with Crippen LogP contribution in [0.3, 0.4) is 0 Å². The van der Waals surface area contributed by atoms with Crippen LogP contribution in [0, 0.1) is 5.92 Å². The number of carbonyl (C=O) groups is 1. The predicted octanol–water partition coefficient (Wildman–Crippen LogP) is 2.69. The molecule has 1 aliphatic carbocycles. The Morgan fingerprint density at radius 2 is 2.00 bits per heavy atom. The van der Waals surface area contributed by atoms with Gasteiger partial charge in [-0.05, 0) is 17.5 Å². The zero-order valence-electron chi connectivity index (χ0n) is 9.33. The van der Waals surface area contributed by atoms with Gasteiger partial charge in [-0.2, -0.15) is 0 Å². The molecule has 4 heteroatoms. The smallest absolute Gasteiger partial charge is 0.254 e. The SMILES string of the molecule is O=C1c2ccccc2CN1CC1CC(F)(F)C1. The molecule has 90 valence electrons. The minimum Gasteiger partial charge on any atom is -0.334 e. The zero-order valence-corrected chi connectivity index (χ0v) is 9.33. The first-order chi connectivity index (χ1) is 8.05. The van der Waals surface area contributed by atoms with E-state index in [1.807, 2.05) is 18.2 Å². The molecule has 1 saturated carbocycles. The lowest BCUT2D eigenvalue weighted by Gasteiger charge is -2.37. The van der Waals surface area contributed by atoms with Crippen molar-refractivity contribution in [1.29, 1.82) is 0 Å². The largest absolute Gasteiger partial charge is 0.334 e. The van der Waals surface area contributed by atoms with Crippen molar-refractivity contribution in [2.75, 3.05) is 6.54 Å². The molecule has 1 aliphatic heterocycles. The molecule has 1 aromatic carbocycles. The number of fused-ring (bicyclic) bond motifs is 1. The lowest BCUT2D eigenvalue weighted by Crippen LogP contribution is -2.42. The highest BCUT2D eigenvalue weighted by Gasteiger charge is 2.46. The summed E-state index contributed by atoms with van der Waals surface area (Å²) in [4.78, 5) is 13.7. The van der Waals surface area contributed by atoms with E-state index in [1.165, 1.54) is 0 Å². The summed E-state index contributed by atoms with van der Waals surface area (Å²) in [6, 6.07) is 7.44. The number of hydrogen-bond donors (Lipinski definition) is 0. The monoisotopic (exact) mass is 237 g/mol. The Labute approximate surface area is 98.2 Å².